The number of amides is 2. The molecule has 0 atom stereocenters. The van der Waals surface area contributed by atoms with E-state index in [2.05, 4.69) is 81.1 Å². The lowest BCUT2D eigenvalue weighted by Gasteiger charge is -2.19. The summed E-state index contributed by atoms with van der Waals surface area (Å²) in [5.74, 6) is -1.03. The molecule has 4 N–H and O–H groups in total. The zero-order valence-corrected chi connectivity index (χ0v) is 26.4. The van der Waals surface area contributed by atoms with Crippen molar-refractivity contribution in [2.75, 3.05) is 6.54 Å². The van der Waals surface area contributed by atoms with Gasteiger partial charge in [0.2, 0.25) is 5.91 Å². The molecule has 0 aliphatic heterocycles. The molecule has 0 aliphatic carbocycles. The largest absolute Gasteiger partial charge is 0.480 e. The number of carboxylic acid groups (broad SMARTS) is 1. The van der Waals surface area contributed by atoms with Gasteiger partial charge in [0.05, 0.1) is 4.88 Å². The quantitative estimate of drug-likeness (QED) is 0.215. The molecule has 226 valence electrons. The summed E-state index contributed by atoms with van der Waals surface area (Å²) in [5.41, 5.74) is 10.6. The topological polar surface area (TPSA) is 135 Å². The Morgan fingerprint density at radius 3 is 1.84 bits per heavy atom. The maximum absolute atomic E-state index is 11.6. The van der Waals surface area contributed by atoms with Gasteiger partial charge in [0.25, 0.3) is 5.91 Å². The second kappa shape index (κ2) is 14.2. The molecule has 0 saturated heterocycles. The van der Waals surface area contributed by atoms with Crippen LogP contribution in [0.15, 0.2) is 73.1 Å². The molecule has 0 spiro atoms. The first-order valence-electron chi connectivity index (χ1n) is 14.0. The Hall–Kier alpha value is -4.37. The van der Waals surface area contributed by atoms with E-state index in [0.29, 0.717) is 17.1 Å². The molecule has 0 saturated carbocycles. The SMILES string of the molecule is CC(C)(C)c1ccc(-c2cnc(-c3ccc(CCC(=O)NCC(=O)O)cc3)nc2)cc1.CC(C)(C)c1ccc(C(N)=O)s1. The zero-order chi connectivity index (χ0) is 31.8. The van der Waals surface area contributed by atoms with Crippen LogP contribution in [0.2, 0.25) is 0 Å². The van der Waals surface area contributed by atoms with Crippen molar-refractivity contribution >= 4 is 29.1 Å². The number of nitrogens with zero attached hydrogens (tertiary/aromatic N) is 2. The average Bonchev–Trinajstić information content (AvgIpc) is 3.47. The van der Waals surface area contributed by atoms with Crippen LogP contribution in [0.3, 0.4) is 0 Å². The van der Waals surface area contributed by atoms with E-state index in [1.165, 1.54) is 21.8 Å². The zero-order valence-electron chi connectivity index (χ0n) is 25.6. The minimum atomic E-state index is -1.05. The highest BCUT2D eigenvalue weighted by Crippen LogP contribution is 2.29. The van der Waals surface area contributed by atoms with Crippen LogP contribution in [0.25, 0.3) is 22.5 Å². The van der Waals surface area contributed by atoms with Crippen molar-refractivity contribution in [3.05, 3.63) is 93.9 Å². The number of hydrogen-bond acceptors (Lipinski definition) is 6. The number of carbonyl (C=O) groups excluding carboxylic acids is 2. The maximum atomic E-state index is 11.6. The molecule has 43 heavy (non-hydrogen) atoms. The van der Waals surface area contributed by atoms with Crippen LogP contribution in [0.1, 0.15) is 73.6 Å². The third-order valence-corrected chi connectivity index (χ3v) is 8.14. The van der Waals surface area contributed by atoms with E-state index in [9.17, 15) is 14.4 Å². The number of aliphatic carboxylic acids is 1. The number of primary amides is 1. The fourth-order valence-electron chi connectivity index (χ4n) is 4.00. The number of nitrogens with two attached hydrogens (primary N) is 1. The number of nitrogens with one attached hydrogen (secondary N) is 1. The number of benzene rings is 2. The number of thiophene rings is 1. The van der Waals surface area contributed by atoms with Crippen LogP contribution in [0.4, 0.5) is 0 Å². The number of carbonyl (C=O) groups is 3. The molecule has 8 nitrogen and oxygen atoms in total. The Balaban J connectivity index is 0.000000353. The number of carboxylic acids is 1. The highest BCUT2D eigenvalue weighted by molar-refractivity contribution is 7.14. The first-order valence-corrected chi connectivity index (χ1v) is 14.9. The Morgan fingerprint density at radius 2 is 1.37 bits per heavy atom. The van der Waals surface area contributed by atoms with E-state index in [-0.39, 0.29) is 35.6 Å². The second-order valence-electron chi connectivity index (χ2n) is 12.3. The fraction of sp³-hybridized carbons (Fsp3) is 0.324. The van der Waals surface area contributed by atoms with Gasteiger partial charge in [0, 0.05) is 34.8 Å². The molecule has 0 aliphatic rings. The predicted octanol–water partition coefficient (Wildman–Crippen LogP) is 6.39. The molecular formula is C34H40N4O4S. The highest BCUT2D eigenvalue weighted by atomic mass is 32.1. The first-order chi connectivity index (χ1) is 20.1. The number of aryl methyl sites for hydroxylation is 1. The molecule has 0 radical (unpaired) electrons. The number of hydrogen-bond donors (Lipinski definition) is 3. The average molecular weight is 601 g/mol. The van der Waals surface area contributed by atoms with Crippen molar-refractivity contribution in [1.29, 1.82) is 0 Å². The Bertz CT molecular complexity index is 1530. The van der Waals surface area contributed by atoms with E-state index < -0.39 is 5.97 Å². The third-order valence-electron chi connectivity index (χ3n) is 6.61. The second-order valence-corrected chi connectivity index (χ2v) is 13.4. The predicted molar refractivity (Wildman–Crippen MR) is 172 cm³/mol. The molecule has 4 aromatic rings. The highest BCUT2D eigenvalue weighted by Gasteiger charge is 2.17. The lowest BCUT2D eigenvalue weighted by Crippen LogP contribution is -2.29. The molecular weight excluding hydrogens is 560 g/mol. The van der Waals surface area contributed by atoms with Crippen LogP contribution in [-0.2, 0) is 26.8 Å². The van der Waals surface area contributed by atoms with Crippen LogP contribution < -0.4 is 11.1 Å². The molecule has 0 fully saturated rings. The first kappa shape index (κ1) is 33.1. The van der Waals surface area contributed by atoms with Crippen molar-refractivity contribution in [2.24, 2.45) is 5.73 Å². The van der Waals surface area contributed by atoms with Crippen LogP contribution in [0.5, 0.6) is 0 Å². The van der Waals surface area contributed by atoms with Crippen molar-refractivity contribution < 1.29 is 19.5 Å². The maximum Gasteiger partial charge on any atom is 0.322 e. The third kappa shape index (κ3) is 10.1. The molecule has 2 amide bonds. The van der Waals surface area contributed by atoms with Crippen molar-refractivity contribution in [1.82, 2.24) is 15.3 Å². The fourth-order valence-corrected chi connectivity index (χ4v) is 4.92. The Morgan fingerprint density at radius 1 is 0.791 bits per heavy atom. The minimum Gasteiger partial charge on any atom is -0.480 e. The van der Waals surface area contributed by atoms with E-state index >= 15 is 0 Å². The smallest absolute Gasteiger partial charge is 0.322 e. The van der Waals surface area contributed by atoms with Gasteiger partial charge >= 0.3 is 5.97 Å². The van der Waals surface area contributed by atoms with Gasteiger partial charge in [-0.2, -0.15) is 0 Å². The molecule has 0 bridgehead atoms. The minimum absolute atomic E-state index is 0.109. The molecule has 2 aromatic carbocycles. The molecule has 9 heteroatoms. The van der Waals surface area contributed by atoms with Gasteiger partial charge in [-0.3, -0.25) is 14.4 Å². The summed E-state index contributed by atoms with van der Waals surface area (Å²) in [6.45, 7) is 12.6. The molecule has 2 aromatic heterocycles. The Kier molecular flexibility index (Phi) is 10.9. The summed E-state index contributed by atoms with van der Waals surface area (Å²) >= 11 is 1.47. The normalized spacial score (nSPS) is 11.3. The van der Waals surface area contributed by atoms with Gasteiger partial charge in [-0.15, -0.1) is 11.3 Å². The van der Waals surface area contributed by atoms with Gasteiger partial charge < -0.3 is 16.2 Å². The Labute approximate surface area is 257 Å². The summed E-state index contributed by atoms with van der Waals surface area (Å²) < 4.78 is 0. The van der Waals surface area contributed by atoms with Gasteiger partial charge in [-0.1, -0.05) is 90.1 Å². The van der Waals surface area contributed by atoms with E-state index in [1.807, 2.05) is 42.7 Å². The number of aromatic nitrogens is 2. The van der Waals surface area contributed by atoms with Crippen molar-refractivity contribution in [3.8, 4) is 22.5 Å². The van der Waals surface area contributed by atoms with Gasteiger partial charge in [-0.25, -0.2) is 9.97 Å². The van der Waals surface area contributed by atoms with Crippen LogP contribution >= 0.6 is 11.3 Å². The van der Waals surface area contributed by atoms with Crippen LogP contribution in [-0.4, -0.2) is 39.4 Å². The molecule has 0 unspecified atom stereocenters. The summed E-state index contributed by atoms with van der Waals surface area (Å²) in [7, 11) is 0. The summed E-state index contributed by atoms with van der Waals surface area (Å²) in [6.07, 6.45) is 4.44. The van der Waals surface area contributed by atoms with Gasteiger partial charge in [0.1, 0.15) is 6.54 Å². The van der Waals surface area contributed by atoms with Crippen LogP contribution in [0, 0.1) is 0 Å². The molecule has 4 rings (SSSR count). The van der Waals surface area contributed by atoms with Gasteiger partial charge in [-0.05, 0) is 46.1 Å². The van der Waals surface area contributed by atoms with Crippen molar-refractivity contribution in [2.45, 2.75) is 65.2 Å². The number of rotatable bonds is 8. The summed E-state index contributed by atoms with van der Waals surface area (Å²) in [4.78, 5) is 43.7. The lowest BCUT2D eigenvalue weighted by atomic mass is 9.86. The van der Waals surface area contributed by atoms with E-state index in [0.717, 1.165) is 22.3 Å². The van der Waals surface area contributed by atoms with E-state index in [4.69, 9.17) is 10.8 Å². The summed E-state index contributed by atoms with van der Waals surface area (Å²) in [6, 6.07) is 20.0. The van der Waals surface area contributed by atoms with Crippen molar-refractivity contribution in [3.63, 3.8) is 0 Å². The van der Waals surface area contributed by atoms with E-state index in [1.54, 1.807) is 6.07 Å². The monoisotopic (exact) mass is 600 g/mol. The standard InChI is InChI=1S/C25H27N3O3.C9H13NOS/c1-25(2,3)21-11-9-18(10-12-21)20-14-27-24(28-15-20)19-7-4-17(5-8-19)6-13-22(29)26-16-23(30)31;1-9(2,3)7-5-4-6(12-7)8(10)11/h4-5,7-12,14-15H,6,13,16H2,1-3H3,(H,26,29)(H,30,31);4-5H,1-3H3,(H2,10,11). The van der Waals surface area contributed by atoms with Gasteiger partial charge in [0.15, 0.2) is 5.82 Å². The lowest BCUT2D eigenvalue weighted by molar-refractivity contribution is -0.137. The molecule has 2 heterocycles. The summed E-state index contributed by atoms with van der Waals surface area (Å²) in [5, 5.41) is 10.9.